The lowest BCUT2D eigenvalue weighted by atomic mass is 10.2. The number of oxazole rings is 1. The average molecular weight is 234 g/mol. The van der Waals surface area contributed by atoms with E-state index in [4.69, 9.17) is 4.42 Å². The van der Waals surface area contributed by atoms with E-state index in [1.807, 2.05) is 0 Å². The SMILES string of the molecule is C[C@H](C(=O)N(C)C)n1c(=O)oc2ccccc21. The maximum Gasteiger partial charge on any atom is 0.420 e. The van der Waals surface area contributed by atoms with E-state index >= 15 is 0 Å². The Hall–Kier alpha value is -2.04. The van der Waals surface area contributed by atoms with Gasteiger partial charge in [-0.2, -0.15) is 0 Å². The van der Waals surface area contributed by atoms with Crippen molar-refractivity contribution in [3.63, 3.8) is 0 Å². The molecule has 1 aromatic carbocycles. The Bertz CT molecular complexity index is 609. The molecule has 1 heterocycles. The standard InChI is InChI=1S/C12H14N2O3/c1-8(11(15)13(2)3)14-9-6-4-5-7-10(9)17-12(14)16/h4-8H,1-3H3/t8-/m1/s1. The van der Waals surface area contributed by atoms with Crippen LogP contribution in [0.4, 0.5) is 0 Å². The molecule has 1 aromatic heterocycles. The molecule has 5 heteroatoms. The first-order valence-corrected chi connectivity index (χ1v) is 5.33. The van der Waals surface area contributed by atoms with Gasteiger partial charge in [-0.15, -0.1) is 0 Å². The first-order chi connectivity index (χ1) is 8.02. The number of rotatable bonds is 2. The van der Waals surface area contributed by atoms with Crippen LogP contribution in [-0.4, -0.2) is 29.5 Å². The molecule has 0 spiro atoms. The van der Waals surface area contributed by atoms with E-state index in [-0.39, 0.29) is 5.91 Å². The van der Waals surface area contributed by atoms with E-state index in [2.05, 4.69) is 0 Å². The molecule has 1 amide bonds. The average Bonchev–Trinajstić information content (AvgIpc) is 2.62. The molecule has 0 unspecified atom stereocenters. The van der Waals surface area contributed by atoms with E-state index < -0.39 is 11.8 Å². The number of para-hydroxylation sites is 2. The summed E-state index contributed by atoms with van der Waals surface area (Å²) in [6.45, 7) is 1.69. The molecule has 0 aliphatic heterocycles. The second-order valence-electron chi connectivity index (χ2n) is 4.11. The van der Waals surface area contributed by atoms with Crippen LogP contribution in [0.25, 0.3) is 11.1 Å². The highest BCUT2D eigenvalue weighted by Crippen LogP contribution is 2.17. The van der Waals surface area contributed by atoms with E-state index in [0.29, 0.717) is 11.1 Å². The van der Waals surface area contributed by atoms with Gasteiger partial charge in [0.05, 0.1) is 5.52 Å². The molecular weight excluding hydrogens is 220 g/mol. The number of hydrogen-bond acceptors (Lipinski definition) is 3. The van der Waals surface area contributed by atoms with Gasteiger partial charge in [0.15, 0.2) is 5.58 Å². The minimum atomic E-state index is -0.568. The topological polar surface area (TPSA) is 55.5 Å². The van der Waals surface area contributed by atoms with Crippen molar-refractivity contribution in [1.82, 2.24) is 9.47 Å². The van der Waals surface area contributed by atoms with Crippen molar-refractivity contribution < 1.29 is 9.21 Å². The molecule has 2 aromatic rings. The van der Waals surface area contributed by atoms with E-state index in [9.17, 15) is 9.59 Å². The third kappa shape index (κ3) is 1.84. The molecule has 0 saturated carbocycles. The highest BCUT2D eigenvalue weighted by molar-refractivity contribution is 5.82. The summed E-state index contributed by atoms with van der Waals surface area (Å²) in [4.78, 5) is 25.1. The second-order valence-corrected chi connectivity index (χ2v) is 4.11. The van der Waals surface area contributed by atoms with Gasteiger partial charge in [0.2, 0.25) is 5.91 Å². The maximum absolute atomic E-state index is 11.9. The lowest BCUT2D eigenvalue weighted by Gasteiger charge is -2.17. The zero-order valence-corrected chi connectivity index (χ0v) is 10.0. The molecule has 0 fully saturated rings. The van der Waals surface area contributed by atoms with Crippen LogP contribution in [0.1, 0.15) is 13.0 Å². The summed E-state index contributed by atoms with van der Waals surface area (Å²) in [5, 5.41) is 0. The third-order valence-corrected chi connectivity index (χ3v) is 2.70. The van der Waals surface area contributed by atoms with Crippen LogP contribution in [-0.2, 0) is 4.79 Å². The Morgan fingerprint density at radius 2 is 2.00 bits per heavy atom. The molecule has 0 bridgehead atoms. The fourth-order valence-corrected chi connectivity index (χ4v) is 1.83. The predicted molar refractivity (Wildman–Crippen MR) is 63.9 cm³/mol. The van der Waals surface area contributed by atoms with Crippen molar-refractivity contribution in [3.8, 4) is 0 Å². The van der Waals surface area contributed by atoms with Gasteiger partial charge < -0.3 is 9.32 Å². The quantitative estimate of drug-likeness (QED) is 0.785. The molecule has 0 aliphatic rings. The number of amides is 1. The molecule has 0 radical (unpaired) electrons. The molecule has 0 N–H and O–H groups in total. The van der Waals surface area contributed by atoms with Crippen molar-refractivity contribution in [2.24, 2.45) is 0 Å². The van der Waals surface area contributed by atoms with Crippen LogP contribution in [0.5, 0.6) is 0 Å². The Balaban J connectivity index is 2.59. The summed E-state index contributed by atoms with van der Waals surface area (Å²) in [7, 11) is 3.32. The highest BCUT2D eigenvalue weighted by atomic mass is 16.4. The first kappa shape index (κ1) is 11.4. The van der Waals surface area contributed by atoms with Crippen molar-refractivity contribution >= 4 is 17.0 Å². The number of fused-ring (bicyclic) bond motifs is 1. The van der Waals surface area contributed by atoms with Gasteiger partial charge in [0.25, 0.3) is 0 Å². The summed E-state index contributed by atoms with van der Waals surface area (Å²) < 4.78 is 6.46. The number of likely N-dealkylation sites (N-methyl/N-ethyl adjacent to an activating group) is 1. The summed E-state index contributed by atoms with van der Waals surface area (Å²) in [5.74, 6) is -0.646. The number of hydrogen-bond donors (Lipinski definition) is 0. The number of nitrogens with zero attached hydrogens (tertiary/aromatic N) is 2. The third-order valence-electron chi connectivity index (χ3n) is 2.70. The number of aromatic nitrogens is 1. The van der Waals surface area contributed by atoms with Gasteiger partial charge in [-0.3, -0.25) is 9.36 Å². The van der Waals surface area contributed by atoms with E-state index in [1.165, 1.54) is 9.47 Å². The Morgan fingerprint density at radius 3 is 2.65 bits per heavy atom. The molecular formula is C12H14N2O3. The Morgan fingerprint density at radius 1 is 1.35 bits per heavy atom. The van der Waals surface area contributed by atoms with Crippen LogP contribution in [0, 0.1) is 0 Å². The molecule has 1 atom stereocenters. The van der Waals surface area contributed by atoms with Crippen LogP contribution >= 0.6 is 0 Å². The Labute approximate surface area is 98.2 Å². The van der Waals surface area contributed by atoms with Crippen molar-refractivity contribution in [1.29, 1.82) is 0 Å². The molecule has 0 saturated heterocycles. The fourth-order valence-electron chi connectivity index (χ4n) is 1.83. The molecule has 90 valence electrons. The molecule has 5 nitrogen and oxygen atoms in total. The van der Waals surface area contributed by atoms with E-state index in [1.54, 1.807) is 45.3 Å². The van der Waals surface area contributed by atoms with Gasteiger partial charge in [-0.1, -0.05) is 12.1 Å². The number of carbonyl (C=O) groups excluding carboxylic acids is 1. The zero-order chi connectivity index (χ0) is 12.6. The predicted octanol–water partition coefficient (Wildman–Crippen LogP) is 1.24. The van der Waals surface area contributed by atoms with Gasteiger partial charge in [-0.25, -0.2) is 4.79 Å². The second kappa shape index (κ2) is 4.08. The van der Waals surface area contributed by atoms with Gasteiger partial charge in [0, 0.05) is 14.1 Å². The maximum atomic E-state index is 11.9. The summed E-state index contributed by atoms with van der Waals surface area (Å²) in [5.41, 5.74) is 1.14. The van der Waals surface area contributed by atoms with Gasteiger partial charge in [0.1, 0.15) is 6.04 Å². The highest BCUT2D eigenvalue weighted by Gasteiger charge is 2.22. The lowest BCUT2D eigenvalue weighted by Crippen LogP contribution is -2.33. The van der Waals surface area contributed by atoms with Crippen molar-refractivity contribution in [2.45, 2.75) is 13.0 Å². The minimum Gasteiger partial charge on any atom is -0.408 e. The normalized spacial score (nSPS) is 12.6. The smallest absolute Gasteiger partial charge is 0.408 e. The monoisotopic (exact) mass is 234 g/mol. The first-order valence-electron chi connectivity index (χ1n) is 5.33. The summed E-state index contributed by atoms with van der Waals surface area (Å²) >= 11 is 0. The Kier molecular flexibility index (Phi) is 2.75. The number of carbonyl (C=O) groups is 1. The summed E-state index contributed by atoms with van der Waals surface area (Å²) in [6, 6.07) is 6.50. The van der Waals surface area contributed by atoms with Crippen molar-refractivity contribution in [3.05, 3.63) is 34.8 Å². The molecule has 0 aliphatic carbocycles. The molecule has 17 heavy (non-hydrogen) atoms. The van der Waals surface area contributed by atoms with Crippen molar-refractivity contribution in [2.75, 3.05) is 14.1 Å². The largest absolute Gasteiger partial charge is 0.420 e. The zero-order valence-electron chi connectivity index (χ0n) is 10.0. The number of benzene rings is 1. The van der Waals surface area contributed by atoms with Crippen LogP contribution in [0.2, 0.25) is 0 Å². The van der Waals surface area contributed by atoms with Crippen LogP contribution in [0.15, 0.2) is 33.5 Å². The minimum absolute atomic E-state index is 0.140. The summed E-state index contributed by atoms with van der Waals surface area (Å²) in [6.07, 6.45) is 0. The van der Waals surface area contributed by atoms with Gasteiger partial charge >= 0.3 is 5.76 Å². The van der Waals surface area contributed by atoms with Crippen LogP contribution in [0.3, 0.4) is 0 Å². The lowest BCUT2D eigenvalue weighted by molar-refractivity contribution is -0.131. The molecule has 2 rings (SSSR count). The van der Waals surface area contributed by atoms with E-state index in [0.717, 1.165) is 0 Å². The van der Waals surface area contributed by atoms with Crippen LogP contribution < -0.4 is 5.76 Å². The fraction of sp³-hybridized carbons (Fsp3) is 0.333. The van der Waals surface area contributed by atoms with Gasteiger partial charge in [-0.05, 0) is 19.1 Å².